The van der Waals surface area contributed by atoms with Gasteiger partial charge in [-0.2, -0.15) is 0 Å². The predicted molar refractivity (Wildman–Crippen MR) is 91.2 cm³/mol. The molecule has 0 heterocycles. The topological polar surface area (TPSA) is 58.2 Å². The van der Waals surface area contributed by atoms with Crippen molar-refractivity contribution in [2.24, 2.45) is 0 Å². The molecule has 0 spiro atoms. The fourth-order valence-corrected chi connectivity index (χ4v) is 2.26. The summed E-state index contributed by atoms with van der Waals surface area (Å²) in [6.45, 7) is 4.40. The second-order valence-corrected chi connectivity index (χ2v) is 5.13. The van der Waals surface area contributed by atoms with Crippen molar-refractivity contribution in [1.29, 1.82) is 0 Å². The van der Waals surface area contributed by atoms with Crippen LogP contribution in [0, 0.1) is 5.82 Å². The van der Waals surface area contributed by atoms with E-state index in [0.29, 0.717) is 29.8 Å². The number of carbonyl (C=O) groups excluding carboxylic acids is 2. The molecule has 0 saturated heterocycles. The molecule has 2 aromatic rings. The van der Waals surface area contributed by atoms with Crippen LogP contribution in [0.3, 0.4) is 0 Å². The molecular formula is C19H19FN2O2. The smallest absolute Gasteiger partial charge is 0.243 e. The molecule has 0 aliphatic heterocycles. The van der Waals surface area contributed by atoms with Crippen LogP contribution < -0.4 is 10.6 Å². The van der Waals surface area contributed by atoms with Crippen molar-refractivity contribution in [2.45, 2.75) is 6.54 Å². The zero-order valence-electron chi connectivity index (χ0n) is 13.2. The summed E-state index contributed by atoms with van der Waals surface area (Å²) in [7, 11) is 0. The first-order valence-corrected chi connectivity index (χ1v) is 7.61. The first kappa shape index (κ1) is 17.6. The Hall–Kier alpha value is -2.79. The van der Waals surface area contributed by atoms with Crippen molar-refractivity contribution in [3.05, 3.63) is 83.7 Å². The first-order chi connectivity index (χ1) is 11.6. The number of rotatable bonds is 8. The van der Waals surface area contributed by atoms with Crippen molar-refractivity contribution in [2.75, 3.05) is 13.1 Å². The van der Waals surface area contributed by atoms with Crippen molar-refractivity contribution in [3.8, 4) is 0 Å². The van der Waals surface area contributed by atoms with Crippen LogP contribution in [0.5, 0.6) is 0 Å². The number of hydrogen-bond acceptors (Lipinski definition) is 3. The third-order valence-corrected chi connectivity index (χ3v) is 3.49. The van der Waals surface area contributed by atoms with Crippen molar-refractivity contribution >= 4 is 11.7 Å². The van der Waals surface area contributed by atoms with Crippen LogP contribution in [0.1, 0.15) is 21.5 Å². The number of benzene rings is 2. The van der Waals surface area contributed by atoms with E-state index in [4.69, 9.17) is 0 Å². The average Bonchev–Trinajstić information content (AvgIpc) is 2.62. The predicted octanol–water partition coefficient (Wildman–Crippen LogP) is 2.45. The molecule has 0 atom stereocenters. The zero-order valence-corrected chi connectivity index (χ0v) is 13.2. The maximum Gasteiger partial charge on any atom is 0.243 e. The number of nitrogens with one attached hydrogen (secondary N) is 2. The van der Waals surface area contributed by atoms with Gasteiger partial charge >= 0.3 is 0 Å². The summed E-state index contributed by atoms with van der Waals surface area (Å²) in [5, 5.41) is 5.64. The first-order valence-electron chi connectivity index (χ1n) is 7.61. The van der Waals surface area contributed by atoms with Crippen LogP contribution in [0.25, 0.3) is 0 Å². The van der Waals surface area contributed by atoms with Gasteiger partial charge in [0.1, 0.15) is 5.82 Å². The van der Waals surface area contributed by atoms with Crippen LogP contribution in [0.15, 0.2) is 61.2 Å². The van der Waals surface area contributed by atoms with Gasteiger partial charge in [-0.05, 0) is 12.1 Å². The second kappa shape index (κ2) is 8.74. The fourth-order valence-electron chi connectivity index (χ4n) is 2.26. The molecular weight excluding hydrogens is 307 g/mol. The molecule has 2 aromatic carbocycles. The van der Waals surface area contributed by atoms with Gasteiger partial charge in [-0.15, -0.1) is 0 Å². The fraction of sp³-hybridized carbons (Fsp3) is 0.158. The lowest BCUT2D eigenvalue weighted by atomic mass is 9.98. The van der Waals surface area contributed by atoms with Crippen LogP contribution >= 0.6 is 0 Å². The molecule has 0 radical (unpaired) electrons. The van der Waals surface area contributed by atoms with Crippen LogP contribution in [0.4, 0.5) is 4.39 Å². The van der Waals surface area contributed by atoms with E-state index in [2.05, 4.69) is 17.2 Å². The molecule has 0 unspecified atom stereocenters. The summed E-state index contributed by atoms with van der Waals surface area (Å²) < 4.78 is 14.1. The van der Waals surface area contributed by atoms with E-state index in [1.54, 1.807) is 30.3 Å². The third-order valence-electron chi connectivity index (χ3n) is 3.49. The van der Waals surface area contributed by atoms with E-state index < -0.39 is 5.82 Å². The molecule has 2 rings (SSSR count). The molecule has 4 nitrogen and oxygen atoms in total. The quantitative estimate of drug-likeness (QED) is 0.445. The lowest BCUT2D eigenvalue weighted by Crippen LogP contribution is -2.30. The van der Waals surface area contributed by atoms with Crippen LogP contribution in [-0.2, 0) is 11.3 Å². The summed E-state index contributed by atoms with van der Waals surface area (Å²) in [5.41, 5.74) is 1.17. The van der Waals surface area contributed by atoms with Gasteiger partial charge in [0.2, 0.25) is 5.91 Å². The Balaban J connectivity index is 2.06. The SMILES string of the molecule is C=CC(=O)NCCNCc1c(F)cccc1C(=O)c1ccccc1. The Morgan fingerprint density at radius 1 is 1.04 bits per heavy atom. The maximum absolute atomic E-state index is 14.1. The molecule has 2 N–H and O–H groups in total. The lowest BCUT2D eigenvalue weighted by Gasteiger charge is -2.11. The molecule has 0 aliphatic carbocycles. The standard InChI is InChI=1S/C19H19FN2O2/c1-2-18(23)22-12-11-21-13-16-15(9-6-10-17(16)20)19(24)14-7-4-3-5-8-14/h2-10,21H,1,11-13H2,(H,22,23). The number of amides is 1. The Kier molecular flexibility index (Phi) is 6.40. The van der Waals surface area contributed by atoms with Gasteiger partial charge in [-0.1, -0.05) is 49.0 Å². The van der Waals surface area contributed by atoms with Gasteiger partial charge in [-0.3, -0.25) is 9.59 Å². The Bertz CT molecular complexity index is 729. The summed E-state index contributed by atoms with van der Waals surface area (Å²) in [5.74, 6) is -0.908. The Morgan fingerprint density at radius 3 is 2.50 bits per heavy atom. The van der Waals surface area contributed by atoms with E-state index in [1.165, 1.54) is 18.2 Å². The number of carbonyl (C=O) groups is 2. The molecule has 0 saturated carbocycles. The molecule has 124 valence electrons. The van der Waals surface area contributed by atoms with Crippen LogP contribution in [-0.4, -0.2) is 24.8 Å². The lowest BCUT2D eigenvalue weighted by molar-refractivity contribution is -0.116. The van der Waals surface area contributed by atoms with Crippen molar-refractivity contribution in [1.82, 2.24) is 10.6 Å². The Morgan fingerprint density at radius 2 is 1.79 bits per heavy atom. The molecule has 0 bridgehead atoms. The van der Waals surface area contributed by atoms with Gasteiger partial charge in [0.25, 0.3) is 0 Å². The normalized spacial score (nSPS) is 10.2. The summed E-state index contributed by atoms with van der Waals surface area (Å²) in [6.07, 6.45) is 1.19. The monoisotopic (exact) mass is 326 g/mol. The van der Waals surface area contributed by atoms with Gasteiger partial charge < -0.3 is 10.6 Å². The molecule has 0 fully saturated rings. The van der Waals surface area contributed by atoms with E-state index >= 15 is 0 Å². The van der Waals surface area contributed by atoms with Crippen LogP contribution in [0.2, 0.25) is 0 Å². The minimum absolute atomic E-state index is 0.199. The average molecular weight is 326 g/mol. The van der Waals surface area contributed by atoms with E-state index in [-0.39, 0.29) is 18.2 Å². The van der Waals surface area contributed by atoms with Gasteiger partial charge in [-0.25, -0.2) is 4.39 Å². The molecule has 0 aliphatic rings. The van der Waals surface area contributed by atoms with E-state index in [9.17, 15) is 14.0 Å². The zero-order chi connectivity index (χ0) is 17.4. The van der Waals surface area contributed by atoms with Crippen molar-refractivity contribution in [3.63, 3.8) is 0 Å². The van der Waals surface area contributed by atoms with Gasteiger partial charge in [0.05, 0.1) is 0 Å². The molecule has 5 heteroatoms. The number of ketones is 1. The highest BCUT2D eigenvalue weighted by Crippen LogP contribution is 2.17. The second-order valence-electron chi connectivity index (χ2n) is 5.13. The highest BCUT2D eigenvalue weighted by Gasteiger charge is 2.16. The van der Waals surface area contributed by atoms with Gasteiger partial charge in [0, 0.05) is 36.3 Å². The van der Waals surface area contributed by atoms with E-state index in [1.807, 2.05) is 6.07 Å². The Labute approximate surface area is 140 Å². The van der Waals surface area contributed by atoms with E-state index in [0.717, 1.165) is 0 Å². The summed E-state index contributed by atoms with van der Waals surface area (Å²) in [6, 6.07) is 13.2. The number of halogens is 1. The maximum atomic E-state index is 14.1. The molecule has 1 amide bonds. The molecule has 24 heavy (non-hydrogen) atoms. The minimum atomic E-state index is -0.431. The minimum Gasteiger partial charge on any atom is -0.351 e. The molecule has 0 aromatic heterocycles. The largest absolute Gasteiger partial charge is 0.351 e. The third kappa shape index (κ3) is 4.60. The summed E-state index contributed by atoms with van der Waals surface area (Å²) >= 11 is 0. The summed E-state index contributed by atoms with van der Waals surface area (Å²) in [4.78, 5) is 23.6. The van der Waals surface area contributed by atoms with Gasteiger partial charge in [0.15, 0.2) is 5.78 Å². The number of hydrogen-bond donors (Lipinski definition) is 2. The highest BCUT2D eigenvalue weighted by atomic mass is 19.1. The highest BCUT2D eigenvalue weighted by molar-refractivity contribution is 6.09. The van der Waals surface area contributed by atoms with Crippen molar-refractivity contribution < 1.29 is 14.0 Å².